The number of hydrogen-bond donors (Lipinski definition) is 1. The maximum Gasteiger partial charge on any atom is 0.0409 e. The van der Waals surface area contributed by atoms with Gasteiger partial charge in [0.2, 0.25) is 0 Å². The molecular formula is C19H18ClN. The van der Waals surface area contributed by atoms with Gasteiger partial charge in [0.05, 0.1) is 0 Å². The lowest BCUT2D eigenvalue weighted by Crippen LogP contribution is -2.14. The van der Waals surface area contributed by atoms with Crippen LogP contribution in [0.1, 0.15) is 22.7 Å². The fourth-order valence-electron chi connectivity index (χ4n) is 2.74. The SMILES string of the molecule is Cc1ccc(Cl)cc1C(N)Cc1ccc2ccccc2c1. The van der Waals surface area contributed by atoms with E-state index in [1.54, 1.807) is 0 Å². The summed E-state index contributed by atoms with van der Waals surface area (Å²) < 4.78 is 0. The van der Waals surface area contributed by atoms with E-state index in [4.69, 9.17) is 17.3 Å². The third-order valence-electron chi connectivity index (χ3n) is 3.91. The molecule has 3 rings (SSSR count). The zero-order valence-electron chi connectivity index (χ0n) is 12.0. The first kappa shape index (κ1) is 14.1. The minimum atomic E-state index is -0.0372. The van der Waals surface area contributed by atoms with Gasteiger partial charge in [0.15, 0.2) is 0 Å². The Hall–Kier alpha value is -1.83. The number of nitrogens with two attached hydrogens (primary N) is 1. The maximum atomic E-state index is 6.38. The molecule has 0 aromatic heterocycles. The molecule has 2 N–H and O–H groups in total. The molecule has 0 aliphatic rings. The minimum Gasteiger partial charge on any atom is -0.324 e. The van der Waals surface area contributed by atoms with Crippen LogP contribution in [-0.2, 0) is 6.42 Å². The molecule has 3 aromatic rings. The molecule has 0 saturated heterocycles. The first-order valence-corrected chi connectivity index (χ1v) is 7.50. The topological polar surface area (TPSA) is 26.0 Å². The van der Waals surface area contributed by atoms with Crippen LogP contribution in [0.25, 0.3) is 10.8 Å². The summed E-state index contributed by atoms with van der Waals surface area (Å²) in [4.78, 5) is 0. The lowest BCUT2D eigenvalue weighted by atomic mass is 9.95. The summed E-state index contributed by atoms with van der Waals surface area (Å²) in [5, 5.41) is 3.25. The molecule has 106 valence electrons. The van der Waals surface area contributed by atoms with Crippen molar-refractivity contribution in [2.45, 2.75) is 19.4 Å². The van der Waals surface area contributed by atoms with E-state index in [2.05, 4.69) is 49.4 Å². The number of fused-ring (bicyclic) bond motifs is 1. The van der Waals surface area contributed by atoms with Crippen molar-refractivity contribution in [3.63, 3.8) is 0 Å². The van der Waals surface area contributed by atoms with E-state index in [0.717, 1.165) is 17.0 Å². The molecule has 0 radical (unpaired) electrons. The molecule has 0 saturated carbocycles. The second-order valence-corrected chi connectivity index (χ2v) is 5.93. The van der Waals surface area contributed by atoms with Crippen molar-refractivity contribution in [1.82, 2.24) is 0 Å². The highest BCUT2D eigenvalue weighted by Crippen LogP contribution is 2.24. The molecule has 0 bridgehead atoms. The van der Waals surface area contributed by atoms with Gasteiger partial charge in [0, 0.05) is 11.1 Å². The third kappa shape index (κ3) is 3.10. The zero-order chi connectivity index (χ0) is 14.8. The van der Waals surface area contributed by atoms with Gasteiger partial charge in [0.25, 0.3) is 0 Å². The first-order chi connectivity index (χ1) is 10.1. The molecule has 21 heavy (non-hydrogen) atoms. The standard InChI is InChI=1S/C19H18ClN/c1-13-6-9-17(20)12-18(13)19(21)11-14-7-8-15-4-2-3-5-16(15)10-14/h2-10,12,19H,11,21H2,1H3. The van der Waals surface area contributed by atoms with Crippen molar-refractivity contribution in [2.75, 3.05) is 0 Å². The van der Waals surface area contributed by atoms with Gasteiger partial charge in [-0.25, -0.2) is 0 Å². The molecule has 0 aliphatic heterocycles. The van der Waals surface area contributed by atoms with Crippen molar-refractivity contribution in [2.24, 2.45) is 5.73 Å². The van der Waals surface area contributed by atoms with Gasteiger partial charge < -0.3 is 5.73 Å². The van der Waals surface area contributed by atoms with Gasteiger partial charge in [-0.2, -0.15) is 0 Å². The zero-order valence-corrected chi connectivity index (χ0v) is 12.8. The Morgan fingerprint density at radius 3 is 2.52 bits per heavy atom. The van der Waals surface area contributed by atoms with Crippen LogP contribution < -0.4 is 5.73 Å². The van der Waals surface area contributed by atoms with Gasteiger partial charge in [-0.15, -0.1) is 0 Å². The molecule has 1 atom stereocenters. The van der Waals surface area contributed by atoms with E-state index < -0.39 is 0 Å². The Kier molecular flexibility index (Phi) is 3.96. The van der Waals surface area contributed by atoms with Gasteiger partial charge in [-0.1, -0.05) is 60.1 Å². The fourth-order valence-corrected chi connectivity index (χ4v) is 2.92. The van der Waals surface area contributed by atoms with Crippen molar-refractivity contribution >= 4 is 22.4 Å². The minimum absolute atomic E-state index is 0.0372. The van der Waals surface area contributed by atoms with E-state index in [0.29, 0.717) is 0 Å². The van der Waals surface area contributed by atoms with Crippen LogP contribution in [0.3, 0.4) is 0 Å². The normalized spacial score (nSPS) is 12.5. The smallest absolute Gasteiger partial charge is 0.0409 e. The second kappa shape index (κ2) is 5.88. The van der Waals surface area contributed by atoms with Crippen molar-refractivity contribution in [1.29, 1.82) is 0 Å². The second-order valence-electron chi connectivity index (χ2n) is 5.49. The Morgan fingerprint density at radius 2 is 1.71 bits per heavy atom. The summed E-state index contributed by atoms with van der Waals surface area (Å²) in [5.41, 5.74) is 9.94. The van der Waals surface area contributed by atoms with Gasteiger partial charge in [-0.05, 0) is 52.9 Å². The first-order valence-electron chi connectivity index (χ1n) is 7.13. The summed E-state index contributed by atoms with van der Waals surface area (Å²) in [5.74, 6) is 0. The summed E-state index contributed by atoms with van der Waals surface area (Å²) in [6.07, 6.45) is 0.812. The van der Waals surface area contributed by atoms with E-state index in [1.807, 2.05) is 18.2 Å². The molecule has 0 heterocycles. The van der Waals surface area contributed by atoms with Gasteiger partial charge in [0.1, 0.15) is 0 Å². The summed E-state index contributed by atoms with van der Waals surface area (Å²) in [6.45, 7) is 2.08. The fraction of sp³-hybridized carbons (Fsp3) is 0.158. The molecule has 1 nitrogen and oxygen atoms in total. The molecule has 0 amide bonds. The van der Waals surface area contributed by atoms with Gasteiger partial charge in [-0.3, -0.25) is 0 Å². The number of benzene rings is 3. The maximum absolute atomic E-state index is 6.38. The van der Waals surface area contributed by atoms with Crippen LogP contribution in [0.4, 0.5) is 0 Å². The quantitative estimate of drug-likeness (QED) is 0.719. The lowest BCUT2D eigenvalue weighted by Gasteiger charge is -2.15. The Labute approximate surface area is 130 Å². The van der Waals surface area contributed by atoms with E-state index in [-0.39, 0.29) is 6.04 Å². The van der Waals surface area contributed by atoms with Crippen molar-refractivity contribution < 1.29 is 0 Å². The Morgan fingerprint density at radius 1 is 0.952 bits per heavy atom. The number of halogens is 1. The number of hydrogen-bond acceptors (Lipinski definition) is 1. The van der Waals surface area contributed by atoms with Crippen molar-refractivity contribution in [3.05, 3.63) is 82.4 Å². The largest absolute Gasteiger partial charge is 0.324 e. The van der Waals surface area contributed by atoms with E-state index >= 15 is 0 Å². The average molecular weight is 296 g/mol. The lowest BCUT2D eigenvalue weighted by molar-refractivity contribution is 0.717. The predicted molar refractivity (Wildman–Crippen MR) is 90.8 cm³/mol. The summed E-state index contributed by atoms with van der Waals surface area (Å²) in [6, 6.07) is 20.8. The van der Waals surface area contributed by atoms with Crippen LogP contribution in [0.2, 0.25) is 5.02 Å². The van der Waals surface area contributed by atoms with Crippen LogP contribution in [0.15, 0.2) is 60.7 Å². The molecule has 1 unspecified atom stereocenters. The van der Waals surface area contributed by atoms with Crippen LogP contribution >= 0.6 is 11.6 Å². The van der Waals surface area contributed by atoms with E-state index in [1.165, 1.54) is 21.9 Å². The predicted octanol–water partition coefficient (Wildman–Crippen LogP) is 5.04. The third-order valence-corrected chi connectivity index (χ3v) is 4.15. The van der Waals surface area contributed by atoms with Crippen LogP contribution in [-0.4, -0.2) is 0 Å². The summed E-state index contributed by atoms with van der Waals surface area (Å²) in [7, 11) is 0. The van der Waals surface area contributed by atoms with E-state index in [9.17, 15) is 0 Å². The van der Waals surface area contributed by atoms with Gasteiger partial charge >= 0.3 is 0 Å². The highest BCUT2D eigenvalue weighted by molar-refractivity contribution is 6.30. The monoisotopic (exact) mass is 295 g/mol. The summed E-state index contributed by atoms with van der Waals surface area (Å²) >= 11 is 6.09. The number of aryl methyl sites for hydroxylation is 1. The molecule has 0 aliphatic carbocycles. The molecule has 2 heteroatoms. The highest BCUT2D eigenvalue weighted by Gasteiger charge is 2.11. The van der Waals surface area contributed by atoms with Crippen molar-refractivity contribution in [3.8, 4) is 0 Å². The average Bonchev–Trinajstić information content (AvgIpc) is 2.49. The van der Waals surface area contributed by atoms with Crippen LogP contribution in [0.5, 0.6) is 0 Å². The Bertz CT molecular complexity index is 779. The Balaban J connectivity index is 1.88. The van der Waals surface area contributed by atoms with Crippen LogP contribution in [0, 0.1) is 6.92 Å². The molecule has 3 aromatic carbocycles. The molecule has 0 fully saturated rings. The number of rotatable bonds is 3. The highest BCUT2D eigenvalue weighted by atomic mass is 35.5. The molecular weight excluding hydrogens is 278 g/mol. The molecule has 0 spiro atoms.